The lowest BCUT2D eigenvalue weighted by Crippen LogP contribution is -2.48. The molecular weight excluding hydrogens is 452 g/mol. The Bertz CT molecular complexity index is 999. The average molecular weight is 497 g/mol. The van der Waals surface area contributed by atoms with Gasteiger partial charge in [0, 0.05) is 22.5 Å². The Morgan fingerprint density at radius 3 is 2.39 bits per heavy atom. The van der Waals surface area contributed by atoms with E-state index in [1.165, 1.54) is 25.7 Å². The minimum absolute atomic E-state index is 0.154. The maximum atomic E-state index is 13.1. The molecule has 0 aromatic heterocycles. The number of rotatable bonds is 8. The van der Waals surface area contributed by atoms with Crippen molar-refractivity contribution in [3.63, 3.8) is 0 Å². The van der Waals surface area contributed by atoms with Crippen molar-refractivity contribution in [2.45, 2.75) is 96.7 Å². The van der Waals surface area contributed by atoms with Crippen LogP contribution in [0.2, 0.25) is 0 Å². The Labute approximate surface area is 216 Å². The van der Waals surface area contributed by atoms with Crippen LogP contribution in [0.5, 0.6) is 0 Å². The molecule has 0 aromatic rings. The second kappa shape index (κ2) is 8.44. The predicted molar refractivity (Wildman–Crippen MR) is 137 cm³/mol. The highest BCUT2D eigenvalue weighted by Crippen LogP contribution is 2.70. The van der Waals surface area contributed by atoms with Crippen LogP contribution in [0, 0.1) is 46.8 Å². The van der Waals surface area contributed by atoms with Crippen molar-refractivity contribution in [3.05, 3.63) is 23.8 Å². The van der Waals surface area contributed by atoms with E-state index < -0.39 is 5.60 Å². The van der Waals surface area contributed by atoms with Crippen LogP contribution in [0.25, 0.3) is 0 Å². The van der Waals surface area contributed by atoms with E-state index in [9.17, 15) is 9.59 Å². The van der Waals surface area contributed by atoms with E-state index in [2.05, 4.69) is 20.4 Å². The van der Waals surface area contributed by atoms with Crippen LogP contribution >= 0.6 is 0 Å². The lowest BCUT2D eigenvalue weighted by Gasteiger charge is -2.44. The molecule has 6 aliphatic carbocycles. The molecule has 5 heteroatoms. The standard InChI is InChI=1S/C31H44O5/c1-18(2)27(32)36-30(5)14-20-8-10-31(30,15-20)17-34-11-9-19(3)28(33)35-29(4)16-23-13-24(29)26-22-7-6-21(12-22)25(23)26/h9,20-26H,1,6-8,10-17H2,2-5H3/b19-9-/t20?,21?,22?,23?,24?,25?,26?,29?,30-,31?/m1/s1. The summed E-state index contributed by atoms with van der Waals surface area (Å²) in [6, 6.07) is 0. The van der Waals surface area contributed by atoms with Crippen LogP contribution in [0.3, 0.4) is 0 Å². The monoisotopic (exact) mass is 496 g/mol. The largest absolute Gasteiger partial charge is 0.456 e. The first-order valence-electron chi connectivity index (χ1n) is 14.4. The van der Waals surface area contributed by atoms with Crippen LogP contribution in [0.1, 0.15) is 85.5 Å². The molecule has 198 valence electrons. The van der Waals surface area contributed by atoms with E-state index in [0.717, 1.165) is 61.7 Å². The topological polar surface area (TPSA) is 61.8 Å². The molecule has 0 amide bonds. The minimum atomic E-state index is -0.516. The van der Waals surface area contributed by atoms with Gasteiger partial charge >= 0.3 is 11.9 Å². The zero-order valence-corrected chi connectivity index (χ0v) is 22.6. The summed E-state index contributed by atoms with van der Waals surface area (Å²) in [4.78, 5) is 25.4. The third kappa shape index (κ3) is 3.66. The highest BCUT2D eigenvalue weighted by Gasteiger charge is 2.67. The van der Waals surface area contributed by atoms with Crippen molar-refractivity contribution in [2.24, 2.45) is 46.8 Å². The van der Waals surface area contributed by atoms with Gasteiger partial charge in [0.05, 0.1) is 13.2 Å². The number of fused-ring (bicyclic) bond motifs is 11. The van der Waals surface area contributed by atoms with E-state index in [4.69, 9.17) is 14.2 Å². The van der Waals surface area contributed by atoms with Gasteiger partial charge in [-0.15, -0.1) is 0 Å². The first kappa shape index (κ1) is 24.7. The highest BCUT2D eigenvalue weighted by molar-refractivity contribution is 5.88. The maximum Gasteiger partial charge on any atom is 0.334 e. The number of hydrogen-bond donors (Lipinski definition) is 0. The summed E-state index contributed by atoms with van der Waals surface area (Å²) >= 11 is 0. The van der Waals surface area contributed by atoms with Crippen molar-refractivity contribution in [2.75, 3.05) is 13.2 Å². The summed E-state index contributed by atoms with van der Waals surface area (Å²) in [6.45, 7) is 12.5. The van der Waals surface area contributed by atoms with Crippen molar-refractivity contribution < 1.29 is 23.8 Å². The summed E-state index contributed by atoms with van der Waals surface area (Å²) in [7, 11) is 0. The van der Waals surface area contributed by atoms with Crippen LogP contribution in [-0.4, -0.2) is 36.4 Å². The maximum absolute atomic E-state index is 13.1. The number of hydrogen-bond acceptors (Lipinski definition) is 5. The summed E-state index contributed by atoms with van der Waals surface area (Å²) in [5, 5.41) is 0. The van der Waals surface area contributed by atoms with Crippen LogP contribution in [-0.2, 0) is 23.8 Å². The number of carbonyl (C=O) groups excluding carboxylic acids is 2. The molecule has 0 spiro atoms. The van der Waals surface area contributed by atoms with E-state index in [0.29, 0.717) is 36.2 Å². The summed E-state index contributed by atoms with van der Waals surface area (Å²) in [5.41, 5.74) is 0.0940. The van der Waals surface area contributed by atoms with Crippen molar-refractivity contribution >= 4 is 11.9 Å². The Hall–Kier alpha value is -1.62. The molecule has 6 saturated carbocycles. The molecule has 5 nitrogen and oxygen atoms in total. The number of ether oxygens (including phenoxy) is 3. The zero-order chi connectivity index (χ0) is 25.5. The fourth-order valence-corrected chi connectivity index (χ4v) is 10.2. The predicted octanol–water partition coefficient (Wildman–Crippen LogP) is 6.02. The Balaban J connectivity index is 1.04. The lowest BCUT2D eigenvalue weighted by atomic mass is 9.66. The van der Waals surface area contributed by atoms with Crippen molar-refractivity contribution in [3.8, 4) is 0 Å². The van der Waals surface area contributed by atoms with Gasteiger partial charge in [-0.3, -0.25) is 0 Å². The molecule has 0 saturated heterocycles. The van der Waals surface area contributed by atoms with Gasteiger partial charge in [-0.1, -0.05) is 6.58 Å². The lowest BCUT2D eigenvalue weighted by molar-refractivity contribution is -0.173. The molecule has 0 N–H and O–H groups in total. The fraction of sp³-hybridized carbons (Fsp3) is 0.806. The summed E-state index contributed by atoms with van der Waals surface area (Å²) in [5.74, 6) is 4.93. The first-order chi connectivity index (χ1) is 17.0. The van der Waals surface area contributed by atoms with E-state index in [-0.39, 0.29) is 23.0 Å². The quantitative estimate of drug-likeness (QED) is 0.178. The third-order valence-corrected chi connectivity index (χ3v) is 11.8. The van der Waals surface area contributed by atoms with Gasteiger partial charge in [0.25, 0.3) is 0 Å². The zero-order valence-electron chi connectivity index (χ0n) is 22.6. The molecule has 6 bridgehead atoms. The van der Waals surface area contributed by atoms with Crippen LogP contribution < -0.4 is 0 Å². The number of esters is 2. The minimum Gasteiger partial charge on any atom is -0.456 e. The SMILES string of the molecule is C=C(C)C(=O)O[C@]1(C)CC2CCC1(COC/C=C(/C)C(=O)OC1(C)CC3CC1C1C4CCC(C4)C31)C2. The van der Waals surface area contributed by atoms with Crippen molar-refractivity contribution in [1.29, 1.82) is 0 Å². The average Bonchev–Trinajstić information content (AvgIpc) is 3.63. The normalized spacial score (nSPS) is 47.9. The van der Waals surface area contributed by atoms with Gasteiger partial charge < -0.3 is 14.2 Å². The van der Waals surface area contributed by atoms with Gasteiger partial charge in [-0.2, -0.15) is 0 Å². The summed E-state index contributed by atoms with van der Waals surface area (Å²) < 4.78 is 18.4. The molecule has 0 aromatic carbocycles. The second-order valence-electron chi connectivity index (χ2n) is 13.9. The molecule has 6 rings (SSSR count). The fourth-order valence-electron chi connectivity index (χ4n) is 10.2. The molecule has 0 aliphatic heterocycles. The molecule has 6 fully saturated rings. The molecule has 6 aliphatic rings. The van der Waals surface area contributed by atoms with Crippen LogP contribution in [0.4, 0.5) is 0 Å². The summed E-state index contributed by atoms with van der Waals surface area (Å²) in [6.07, 6.45) is 12.5. The molecular formula is C31H44O5. The van der Waals surface area contributed by atoms with E-state index >= 15 is 0 Å². The smallest absolute Gasteiger partial charge is 0.334 e. The van der Waals surface area contributed by atoms with Crippen LogP contribution in [0.15, 0.2) is 23.8 Å². The Morgan fingerprint density at radius 2 is 1.67 bits per heavy atom. The van der Waals surface area contributed by atoms with E-state index in [1.807, 2.05) is 13.0 Å². The van der Waals surface area contributed by atoms with E-state index in [1.54, 1.807) is 6.92 Å². The number of carbonyl (C=O) groups is 2. The third-order valence-electron chi connectivity index (χ3n) is 11.8. The highest BCUT2D eigenvalue weighted by atomic mass is 16.6. The van der Waals surface area contributed by atoms with Gasteiger partial charge in [-0.05, 0) is 127 Å². The van der Waals surface area contributed by atoms with Gasteiger partial charge in [0.15, 0.2) is 0 Å². The van der Waals surface area contributed by atoms with Gasteiger partial charge in [0.2, 0.25) is 0 Å². The Morgan fingerprint density at radius 1 is 0.917 bits per heavy atom. The molecule has 9 unspecified atom stereocenters. The van der Waals surface area contributed by atoms with Gasteiger partial charge in [0.1, 0.15) is 11.2 Å². The Kier molecular flexibility index (Phi) is 5.79. The first-order valence-corrected chi connectivity index (χ1v) is 14.4. The second-order valence-corrected chi connectivity index (χ2v) is 13.9. The molecule has 10 atom stereocenters. The van der Waals surface area contributed by atoms with Gasteiger partial charge in [-0.25, -0.2) is 9.59 Å². The molecule has 0 heterocycles. The molecule has 36 heavy (non-hydrogen) atoms. The molecule has 0 radical (unpaired) electrons. The van der Waals surface area contributed by atoms with Crippen molar-refractivity contribution in [1.82, 2.24) is 0 Å².